The Morgan fingerprint density at radius 3 is 3.18 bits per heavy atom. The van der Waals surface area contributed by atoms with E-state index in [4.69, 9.17) is 5.73 Å². The molecule has 1 fully saturated rings. The van der Waals surface area contributed by atoms with Crippen LogP contribution in [0.15, 0.2) is 6.33 Å². The third-order valence-corrected chi connectivity index (χ3v) is 4.10. The summed E-state index contributed by atoms with van der Waals surface area (Å²) in [4.78, 5) is 10.2. The fourth-order valence-electron chi connectivity index (χ4n) is 3.15. The van der Waals surface area contributed by atoms with Crippen molar-refractivity contribution in [1.29, 1.82) is 0 Å². The molecule has 1 aromatic rings. The number of likely N-dealkylation sites (tertiary alicyclic amines) is 1. The molecule has 3 unspecified atom stereocenters. The van der Waals surface area contributed by atoms with Crippen LogP contribution in [-0.4, -0.2) is 47.6 Å². The third kappa shape index (κ3) is 1.99. The first kappa shape index (κ1) is 11.2. The fraction of sp³-hybridized carbons (Fsp3) is 0.750. The van der Waals surface area contributed by atoms with E-state index in [-0.39, 0.29) is 0 Å². The number of nitrogens with zero attached hydrogens (tertiary/aromatic N) is 2. The van der Waals surface area contributed by atoms with Gasteiger partial charge in [0.15, 0.2) is 0 Å². The van der Waals surface area contributed by atoms with Gasteiger partial charge in [-0.15, -0.1) is 0 Å². The Bertz CT molecular complexity index is 388. The van der Waals surface area contributed by atoms with Crippen LogP contribution in [0, 0.1) is 5.92 Å². The minimum absolute atomic E-state index is 0.378. The predicted octanol–water partition coefficient (Wildman–Crippen LogP) is -0.124. The van der Waals surface area contributed by atoms with Crippen LogP contribution in [-0.2, 0) is 6.42 Å². The smallest absolute Gasteiger partial charge is 0.0925 e. The maximum Gasteiger partial charge on any atom is 0.0925 e. The van der Waals surface area contributed by atoms with Crippen molar-refractivity contribution in [3.05, 3.63) is 17.7 Å². The number of hydrogen-bond donors (Lipinski definition) is 3. The molecule has 0 amide bonds. The summed E-state index contributed by atoms with van der Waals surface area (Å²) >= 11 is 0. The van der Waals surface area contributed by atoms with Crippen LogP contribution in [0.1, 0.15) is 23.9 Å². The van der Waals surface area contributed by atoms with Crippen LogP contribution < -0.4 is 11.1 Å². The monoisotopic (exact) mass is 235 g/mol. The van der Waals surface area contributed by atoms with E-state index in [1.165, 1.54) is 24.4 Å². The van der Waals surface area contributed by atoms with Crippen LogP contribution in [0.4, 0.5) is 0 Å². The van der Waals surface area contributed by atoms with E-state index in [1.807, 2.05) is 6.33 Å². The maximum absolute atomic E-state index is 5.81. The second kappa shape index (κ2) is 4.40. The molecule has 2 aliphatic rings. The van der Waals surface area contributed by atoms with Crippen molar-refractivity contribution in [1.82, 2.24) is 20.2 Å². The molecule has 0 bridgehead atoms. The highest BCUT2D eigenvalue weighted by Crippen LogP contribution is 2.33. The lowest BCUT2D eigenvalue weighted by atomic mass is 9.89. The number of aromatic nitrogens is 2. The second-order valence-corrected chi connectivity index (χ2v) is 5.36. The van der Waals surface area contributed by atoms with Gasteiger partial charge in [0.2, 0.25) is 0 Å². The van der Waals surface area contributed by atoms with E-state index in [9.17, 15) is 0 Å². The van der Waals surface area contributed by atoms with Gasteiger partial charge in [-0.2, -0.15) is 0 Å². The van der Waals surface area contributed by atoms with Crippen molar-refractivity contribution in [3.63, 3.8) is 0 Å². The fourth-order valence-corrected chi connectivity index (χ4v) is 3.15. The lowest BCUT2D eigenvalue weighted by Crippen LogP contribution is -2.46. The molecule has 0 saturated carbocycles. The van der Waals surface area contributed by atoms with Crippen LogP contribution in [0.25, 0.3) is 0 Å². The number of nitrogens with one attached hydrogen (secondary N) is 2. The zero-order chi connectivity index (χ0) is 11.8. The number of H-pyrrole nitrogens is 1. The van der Waals surface area contributed by atoms with E-state index < -0.39 is 0 Å². The molecule has 2 aliphatic heterocycles. The first-order valence-corrected chi connectivity index (χ1v) is 6.44. The molecule has 3 heterocycles. The molecule has 5 heteroatoms. The Balaban J connectivity index is 1.84. The van der Waals surface area contributed by atoms with Crippen molar-refractivity contribution >= 4 is 0 Å². The second-order valence-electron chi connectivity index (χ2n) is 5.36. The highest BCUT2D eigenvalue weighted by Gasteiger charge is 2.35. The molecule has 17 heavy (non-hydrogen) atoms. The Labute approximate surface area is 102 Å². The molecule has 4 N–H and O–H groups in total. The molecule has 0 aliphatic carbocycles. The number of hydrogen-bond acceptors (Lipinski definition) is 4. The zero-order valence-corrected chi connectivity index (χ0v) is 10.3. The molecule has 1 aromatic heterocycles. The zero-order valence-electron chi connectivity index (χ0n) is 10.3. The highest BCUT2D eigenvalue weighted by atomic mass is 15.1. The molecule has 94 valence electrons. The summed E-state index contributed by atoms with van der Waals surface area (Å²) in [6.45, 7) is 3.04. The van der Waals surface area contributed by atoms with Gasteiger partial charge in [0.25, 0.3) is 0 Å². The van der Waals surface area contributed by atoms with Crippen molar-refractivity contribution < 1.29 is 0 Å². The van der Waals surface area contributed by atoms with Gasteiger partial charge in [0.05, 0.1) is 18.1 Å². The number of fused-ring (bicyclic) bond motifs is 1. The van der Waals surface area contributed by atoms with Crippen molar-refractivity contribution in [2.24, 2.45) is 11.7 Å². The average Bonchev–Trinajstić information content (AvgIpc) is 2.95. The predicted molar refractivity (Wildman–Crippen MR) is 66.6 cm³/mol. The van der Waals surface area contributed by atoms with Crippen molar-refractivity contribution in [2.75, 3.05) is 26.7 Å². The highest BCUT2D eigenvalue weighted by molar-refractivity contribution is 5.22. The summed E-state index contributed by atoms with van der Waals surface area (Å²) in [5.74, 6) is 0.663. The standard InChI is InChI=1S/C12H21N5/c1-17-3-2-8(6-17)11-12-10(14-7-15-12)4-9(5-13)16-11/h7-9,11,16H,2-6,13H2,1H3,(H,14,15). The lowest BCUT2D eigenvalue weighted by Gasteiger charge is -2.33. The van der Waals surface area contributed by atoms with E-state index in [0.29, 0.717) is 24.5 Å². The lowest BCUT2D eigenvalue weighted by molar-refractivity contribution is 0.293. The molecule has 5 nitrogen and oxygen atoms in total. The summed E-state index contributed by atoms with van der Waals surface area (Å²) in [6, 6.07) is 0.766. The van der Waals surface area contributed by atoms with Crippen LogP contribution in [0.3, 0.4) is 0 Å². The number of imidazole rings is 1. The van der Waals surface area contributed by atoms with E-state index >= 15 is 0 Å². The summed E-state index contributed by atoms with van der Waals surface area (Å²) < 4.78 is 0. The minimum Gasteiger partial charge on any atom is -0.348 e. The Hall–Kier alpha value is -0.910. The molecular weight excluding hydrogens is 214 g/mol. The van der Waals surface area contributed by atoms with Crippen LogP contribution in [0.2, 0.25) is 0 Å². The maximum atomic E-state index is 5.81. The molecule has 1 saturated heterocycles. The number of nitrogens with two attached hydrogens (primary N) is 1. The van der Waals surface area contributed by atoms with Crippen molar-refractivity contribution in [3.8, 4) is 0 Å². The Kier molecular flexibility index (Phi) is 2.90. The van der Waals surface area contributed by atoms with Gasteiger partial charge >= 0.3 is 0 Å². The molecular formula is C12H21N5. The van der Waals surface area contributed by atoms with Gasteiger partial charge in [0.1, 0.15) is 0 Å². The number of rotatable bonds is 2. The molecule has 0 spiro atoms. The topological polar surface area (TPSA) is 70.0 Å². The quantitative estimate of drug-likeness (QED) is 0.668. The SMILES string of the molecule is CN1CCC(C2NC(CN)Cc3[nH]cnc32)C1. The van der Waals surface area contributed by atoms with E-state index in [0.717, 1.165) is 13.0 Å². The largest absolute Gasteiger partial charge is 0.348 e. The average molecular weight is 235 g/mol. The molecule has 0 radical (unpaired) electrons. The van der Waals surface area contributed by atoms with Crippen LogP contribution >= 0.6 is 0 Å². The molecule has 0 aromatic carbocycles. The molecule has 3 rings (SSSR count). The van der Waals surface area contributed by atoms with Crippen LogP contribution in [0.5, 0.6) is 0 Å². The van der Waals surface area contributed by atoms with Gasteiger partial charge in [-0.05, 0) is 25.9 Å². The molecule has 3 atom stereocenters. The van der Waals surface area contributed by atoms with Gasteiger partial charge in [0, 0.05) is 31.2 Å². The van der Waals surface area contributed by atoms with Gasteiger partial charge < -0.3 is 20.9 Å². The van der Waals surface area contributed by atoms with Crippen molar-refractivity contribution in [2.45, 2.75) is 24.9 Å². The third-order valence-electron chi connectivity index (χ3n) is 4.10. The summed E-state index contributed by atoms with van der Waals surface area (Å²) in [7, 11) is 2.19. The van der Waals surface area contributed by atoms with E-state index in [2.05, 4.69) is 27.2 Å². The first-order chi connectivity index (χ1) is 8.28. The summed E-state index contributed by atoms with van der Waals surface area (Å²) in [5, 5.41) is 3.67. The van der Waals surface area contributed by atoms with Gasteiger partial charge in [-0.25, -0.2) is 4.98 Å². The summed E-state index contributed by atoms with van der Waals surface area (Å²) in [5.41, 5.74) is 8.30. The summed E-state index contributed by atoms with van der Waals surface area (Å²) in [6.07, 6.45) is 4.04. The Morgan fingerprint density at radius 1 is 1.59 bits per heavy atom. The van der Waals surface area contributed by atoms with Gasteiger partial charge in [-0.3, -0.25) is 0 Å². The normalized spacial score (nSPS) is 33.9. The van der Waals surface area contributed by atoms with Gasteiger partial charge in [-0.1, -0.05) is 0 Å². The van der Waals surface area contributed by atoms with E-state index in [1.54, 1.807) is 0 Å². The minimum atomic E-state index is 0.378. The Morgan fingerprint density at radius 2 is 2.47 bits per heavy atom. The first-order valence-electron chi connectivity index (χ1n) is 6.44. The number of aromatic amines is 1.